The number of rotatable bonds is 14. The molecule has 1 N–H and O–H groups in total. The molecule has 1 atom stereocenters. The van der Waals surface area contributed by atoms with Crippen molar-refractivity contribution in [1.82, 2.24) is 4.90 Å². The molecule has 0 saturated heterocycles. The number of nitrogens with zero attached hydrogens (tertiary/aromatic N) is 1. The number of halogens is 3. The second-order valence-electron chi connectivity index (χ2n) is 8.65. The molecule has 0 fully saturated rings. The van der Waals surface area contributed by atoms with Crippen molar-refractivity contribution in [1.29, 1.82) is 0 Å². The SMILES string of the molecule is CCOC(Cc1ccc(OCCN(CCCc2cc(Cl)cc(Cl)c2)C(=O)Oc2ccccc2Cl)cc1)C(=O)O. The Morgan fingerprint density at radius 1 is 0.923 bits per heavy atom. The molecule has 0 heterocycles. The summed E-state index contributed by atoms with van der Waals surface area (Å²) in [6, 6.07) is 19.3. The third-order valence-electron chi connectivity index (χ3n) is 5.73. The molecule has 0 bridgehead atoms. The van der Waals surface area contributed by atoms with Gasteiger partial charge in [0.1, 0.15) is 12.4 Å². The highest BCUT2D eigenvalue weighted by molar-refractivity contribution is 6.34. The largest absolute Gasteiger partial charge is 0.492 e. The molecular formula is C29H30Cl3NO6. The van der Waals surface area contributed by atoms with E-state index in [1.807, 2.05) is 12.1 Å². The van der Waals surface area contributed by atoms with Crippen LogP contribution in [0.25, 0.3) is 0 Å². The highest BCUT2D eigenvalue weighted by Crippen LogP contribution is 2.24. The lowest BCUT2D eigenvalue weighted by Crippen LogP contribution is -2.37. The van der Waals surface area contributed by atoms with Gasteiger partial charge in [0, 0.05) is 29.6 Å². The van der Waals surface area contributed by atoms with Crippen molar-refractivity contribution >= 4 is 46.9 Å². The Morgan fingerprint density at radius 3 is 2.26 bits per heavy atom. The van der Waals surface area contributed by atoms with E-state index in [4.69, 9.17) is 49.0 Å². The fraction of sp³-hybridized carbons (Fsp3) is 0.310. The molecule has 39 heavy (non-hydrogen) atoms. The molecular weight excluding hydrogens is 565 g/mol. The first-order chi connectivity index (χ1) is 18.7. The first-order valence-corrected chi connectivity index (χ1v) is 13.6. The standard InChI is InChI=1S/C29H30Cl3NO6/c1-2-37-27(28(34)35)18-20-9-11-24(12-10-20)38-15-14-33(29(36)39-26-8-4-3-7-25(26)32)13-5-6-21-16-22(30)19-23(31)17-21/h3-4,7-12,16-17,19,27H,2,5-6,13-15,18H2,1H3,(H,34,35). The molecule has 3 aromatic carbocycles. The Morgan fingerprint density at radius 2 is 1.62 bits per heavy atom. The van der Waals surface area contributed by atoms with Gasteiger partial charge in [0.15, 0.2) is 11.9 Å². The Balaban J connectivity index is 1.59. The molecule has 3 rings (SSSR count). The van der Waals surface area contributed by atoms with Gasteiger partial charge < -0.3 is 24.2 Å². The predicted molar refractivity (Wildman–Crippen MR) is 153 cm³/mol. The second kappa shape index (κ2) is 15.6. The fourth-order valence-corrected chi connectivity index (χ4v) is 4.58. The zero-order valence-corrected chi connectivity index (χ0v) is 23.7. The maximum atomic E-state index is 13.0. The van der Waals surface area contributed by atoms with Crippen LogP contribution in [0.2, 0.25) is 15.1 Å². The summed E-state index contributed by atoms with van der Waals surface area (Å²) in [5.74, 6) is -0.131. The van der Waals surface area contributed by atoms with Crippen molar-refractivity contribution in [2.45, 2.75) is 32.3 Å². The number of aryl methyl sites for hydroxylation is 1. The normalized spacial score (nSPS) is 11.6. The minimum absolute atomic E-state index is 0.219. The quantitative estimate of drug-likeness (QED) is 0.213. The van der Waals surface area contributed by atoms with E-state index >= 15 is 0 Å². The molecule has 7 nitrogen and oxygen atoms in total. The van der Waals surface area contributed by atoms with Crippen LogP contribution < -0.4 is 9.47 Å². The summed E-state index contributed by atoms with van der Waals surface area (Å²) in [5.41, 5.74) is 1.78. The maximum absolute atomic E-state index is 13.0. The molecule has 1 amide bonds. The van der Waals surface area contributed by atoms with Gasteiger partial charge >= 0.3 is 12.1 Å². The average Bonchev–Trinajstić information content (AvgIpc) is 2.89. The number of hydrogen-bond acceptors (Lipinski definition) is 5. The van der Waals surface area contributed by atoms with Crippen molar-refractivity contribution in [2.75, 3.05) is 26.3 Å². The van der Waals surface area contributed by atoms with Crippen molar-refractivity contribution in [3.63, 3.8) is 0 Å². The number of carboxylic acid groups (broad SMARTS) is 1. The summed E-state index contributed by atoms with van der Waals surface area (Å²) < 4.78 is 16.7. The highest BCUT2D eigenvalue weighted by atomic mass is 35.5. The third kappa shape index (κ3) is 10.3. The average molecular weight is 595 g/mol. The van der Waals surface area contributed by atoms with E-state index in [1.54, 1.807) is 66.4 Å². The predicted octanol–water partition coefficient (Wildman–Crippen LogP) is 7.19. The summed E-state index contributed by atoms with van der Waals surface area (Å²) in [4.78, 5) is 25.9. The number of aliphatic carboxylic acids is 1. The van der Waals surface area contributed by atoms with Crippen LogP contribution in [0.15, 0.2) is 66.7 Å². The number of carbonyl (C=O) groups is 2. The van der Waals surface area contributed by atoms with E-state index < -0.39 is 18.2 Å². The molecule has 10 heteroatoms. The van der Waals surface area contributed by atoms with Crippen molar-refractivity contribution < 1.29 is 28.9 Å². The summed E-state index contributed by atoms with van der Waals surface area (Å²) in [7, 11) is 0. The van der Waals surface area contributed by atoms with Gasteiger partial charge in [0.2, 0.25) is 0 Å². The topological polar surface area (TPSA) is 85.3 Å². The summed E-state index contributed by atoms with van der Waals surface area (Å²) >= 11 is 18.4. The second-order valence-corrected chi connectivity index (χ2v) is 9.93. The van der Waals surface area contributed by atoms with E-state index in [1.165, 1.54) is 0 Å². The molecule has 208 valence electrons. The Hall–Kier alpha value is -2.97. The van der Waals surface area contributed by atoms with Crippen molar-refractivity contribution in [3.8, 4) is 11.5 Å². The van der Waals surface area contributed by atoms with Crippen LogP contribution in [-0.4, -0.2) is 54.5 Å². The van der Waals surface area contributed by atoms with Gasteiger partial charge in [0.05, 0.1) is 11.6 Å². The van der Waals surface area contributed by atoms with Gasteiger partial charge in [-0.3, -0.25) is 0 Å². The van der Waals surface area contributed by atoms with Gasteiger partial charge in [0.25, 0.3) is 0 Å². The number of amides is 1. The van der Waals surface area contributed by atoms with Crippen LogP contribution in [0.1, 0.15) is 24.5 Å². The van der Waals surface area contributed by atoms with Crippen LogP contribution in [0, 0.1) is 0 Å². The molecule has 0 aliphatic carbocycles. The lowest BCUT2D eigenvalue weighted by atomic mass is 10.1. The van der Waals surface area contributed by atoms with E-state index in [2.05, 4.69) is 0 Å². The summed E-state index contributed by atoms with van der Waals surface area (Å²) in [6.45, 7) is 2.97. The minimum atomic E-state index is -1.00. The molecule has 0 saturated carbocycles. The first kappa shape index (κ1) is 30.6. The van der Waals surface area contributed by atoms with Gasteiger partial charge in [-0.15, -0.1) is 0 Å². The molecule has 3 aromatic rings. The van der Waals surface area contributed by atoms with E-state index in [9.17, 15) is 14.7 Å². The first-order valence-electron chi connectivity index (χ1n) is 12.5. The minimum Gasteiger partial charge on any atom is -0.492 e. The molecule has 0 radical (unpaired) electrons. The monoisotopic (exact) mass is 593 g/mol. The van der Waals surface area contributed by atoms with Crippen molar-refractivity contribution in [3.05, 3.63) is 92.9 Å². The van der Waals surface area contributed by atoms with Crippen LogP contribution in [0.5, 0.6) is 11.5 Å². The Kier molecular flexibility index (Phi) is 12.2. The van der Waals surface area contributed by atoms with Gasteiger partial charge in [-0.25, -0.2) is 9.59 Å². The van der Waals surface area contributed by atoms with E-state index in [0.717, 1.165) is 11.1 Å². The number of carbonyl (C=O) groups excluding carboxylic acids is 1. The van der Waals surface area contributed by atoms with Gasteiger partial charge in [-0.2, -0.15) is 0 Å². The molecule has 0 spiro atoms. The lowest BCUT2D eigenvalue weighted by molar-refractivity contribution is -0.149. The highest BCUT2D eigenvalue weighted by Gasteiger charge is 2.19. The van der Waals surface area contributed by atoms with E-state index in [0.29, 0.717) is 46.8 Å². The van der Waals surface area contributed by atoms with Gasteiger partial charge in [-0.05, 0) is 73.4 Å². The summed E-state index contributed by atoms with van der Waals surface area (Å²) in [5, 5.41) is 10.7. The number of carboxylic acids is 1. The lowest BCUT2D eigenvalue weighted by Gasteiger charge is -2.22. The van der Waals surface area contributed by atoms with Crippen LogP contribution in [-0.2, 0) is 22.4 Å². The Labute approximate surface area is 243 Å². The number of ether oxygens (including phenoxy) is 3. The van der Waals surface area contributed by atoms with Gasteiger partial charge in [-0.1, -0.05) is 59.1 Å². The molecule has 0 aliphatic heterocycles. The molecule has 0 aliphatic rings. The zero-order chi connectivity index (χ0) is 28.2. The van der Waals surface area contributed by atoms with Crippen molar-refractivity contribution in [2.24, 2.45) is 0 Å². The zero-order valence-electron chi connectivity index (χ0n) is 21.4. The molecule has 1 unspecified atom stereocenters. The smallest absolute Gasteiger partial charge is 0.415 e. The third-order valence-corrected chi connectivity index (χ3v) is 6.47. The van der Waals surface area contributed by atoms with Crippen LogP contribution >= 0.6 is 34.8 Å². The number of benzene rings is 3. The number of para-hydroxylation sites is 1. The fourth-order valence-electron chi connectivity index (χ4n) is 3.84. The summed E-state index contributed by atoms with van der Waals surface area (Å²) in [6.07, 6.45) is 0.123. The molecule has 0 aromatic heterocycles. The Bertz CT molecular complexity index is 1220. The van der Waals surface area contributed by atoms with Crippen LogP contribution in [0.4, 0.5) is 4.79 Å². The maximum Gasteiger partial charge on any atom is 0.415 e. The van der Waals surface area contributed by atoms with E-state index in [-0.39, 0.29) is 25.3 Å². The number of hydrogen-bond donors (Lipinski definition) is 1. The van der Waals surface area contributed by atoms with Crippen LogP contribution in [0.3, 0.4) is 0 Å².